The van der Waals surface area contributed by atoms with E-state index >= 15 is 0 Å². The Morgan fingerprint density at radius 2 is 2.30 bits per heavy atom. The molecule has 140 valence electrons. The maximum atomic E-state index is 13.8. The molecule has 2 N–H and O–H groups in total. The number of carbonyl (C=O) groups is 2. The summed E-state index contributed by atoms with van der Waals surface area (Å²) >= 11 is 0. The molecule has 1 unspecified atom stereocenters. The summed E-state index contributed by atoms with van der Waals surface area (Å²) in [6.45, 7) is 3.16. The molecule has 0 spiro atoms. The van der Waals surface area contributed by atoms with Crippen LogP contribution < -0.4 is 10.2 Å². The van der Waals surface area contributed by atoms with Crippen molar-refractivity contribution in [1.82, 2.24) is 25.1 Å². The SMILES string of the molecule is CCn1nccc1N1CCCC(NC(=O)c2cc(F)cc3[nH]cnc23)C1=O. The van der Waals surface area contributed by atoms with Gasteiger partial charge in [-0.3, -0.25) is 14.5 Å². The Morgan fingerprint density at radius 3 is 3.11 bits per heavy atom. The van der Waals surface area contributed by atoms with E-state index in [1.54, 1.807) is 21.8 Å². The van der Waals surface area contributed by atoms with Crippen LogP contribution in [0.3, 0.4) is 0 Å². The van der Waals surface area contributed by atoms with Crippen molar-refractivity contribution in [3.63, 3.8) is 0 Å². The van der Waals surface area contributed by atoms with Crippen LogP contribution in [0.4, 0.5) is 10.2 Å². The Bertz CT molecular complexity index is 1010. The number of aromatic nitrogens is 4. The fourth-order valence-electron chi connectivity index (χ4n) is 3.46. The molecule has 8 nitrogen and oxygen atoms in total. The number of H-pyrrole nitrogens is 1. The van der Waals surface area contributed by atoms with Crippen LogP contribution in [0.1, 0.15) is 30.1 Å². The largest absolute Gasteiger partial charge is 0.344 e. The fourth-order valence-corrected chi connectivity index (χ4v) is 3.46. The summed E-state index contributed by atoms with van der Waals surface area (Å²) in [7, 11) is 0. The summed E-state index contributed by atoms with van der Waals surface area (Å²) in [5, 5.41) is 6.94. The van der Waals surface area contributed by atoms with Crippen LogP contribution in [0.25, 0.3) is 11.0 Å². The van der Waals surface area contributed by atoms with E-state index in [1.807, 2.05) is 6.92 Å². The minimum Gasteiger partial charge on any atom is -0.344 e. The number of nitrogens with zero attached hydrogens (tertiary/aromatic N) is 4. The van der Waals surface area contributed by atoms with E-state index < -0.39 is 17.8 Å². The van der Waals surface area contributed by atoms with Crippen LogP contribution >= 0.6 is 0 Å². The standard InChI is InChI=1S/C18H19FN6O2/c1-2-25-15(5-6-22-25)24-7-3-4-13(18(24)27)23-17(26)12-8-11(19)9-14-16(12)21-10-20-14/h5-6,8-10,13H,2-4,7H2,1H3,(H,20,21)(H,23,26). The van der Waals surface area contributed by atoms with Crippen LogP contribution in [-0.2, 0) is 11.3 Å². The Kier molecular flexibility index (Phi) is 4.35. The minimum absolute atomic E-state index is 0.106. The number of rotatable bonds is 4. The molecule has 4 rings (SSSR count). The van der Waals surface area contributed by atoms with Crippen molar-refractivity contribution in [3.8, 4) is 0 Å². The normalized spacial score (nSPS) is 17.5. The molecule has 2 amide bonds. The Morgan fingerprint density at radius 1 is 1.44 bits per heavy atom. The molecule has 1 saturated heterocycles. The first kappa shape index (κ1) is 17.2. The highest BCUT2D eigenvalue weighted by Gasteiger charge is 2.32. The number of amides is 2. The number of hydrogen-bond donors (Lipinski definition) is 2. The van der Waals surface area contributed by atoms with Gasteiger partial charge in [-0.05, 0) is 31.9 Å². The van der Waals surface area contributed by atoms with E-state index in [1.165, 1.54) is 12.4 Å². The van der Waals surface area contributed by atoms with Crippen molar-refractivity contribution >= 4 is 28.7 Å². The molecule has 0 aliphatic carbocycles. The summed E-state index contributed by atoms with van der Waals surface area (Å²) in [4.78, 5) is 34.1. The van der Waals surface area contributed by atoms with Crippen molar-refractivity contribution in [2.24, 2.45) is 0 Å². The van der Waals surface area contributed by atoms with Gasteiger partial charge in [0.2, 0.25) is 0 Å². The van der Waals surface area contributed by atoms with Crippen LogP contribution in [0.2, 0.25) is 0 Å². The first-order chi connectivity index (χ1) is 13.1. The first-order valence-corrected chi connectivity index (χ1v) is 8.85. The Labute approximate surface area is 154 Å². The third kappa shape index (κ3) is 3.05. The first-order valence-electron chi connectivity index (χ1n) is 8.85. The zero-order valence-corrected chi connectivity index (χ0v) is 14.8. The Balaban J connectivity index is 1.57. The zero-order valence-electron chi connectivity index (χ0n) is 14.8. The number of anilines is 1. The molecule has 3 aromatic rings. The minimum atomic E-state index is -0.677. The second kappa shape index (κ2) is 6.82. The van der Waals surface area contributed by atoms with E-state index in [-0.39, 0.29) is 11.5 Å². The van der Waals surface area contributed by atoms with Gasteiger partial charge in [0.15, 0.2) is 0 Å². The third-order valence-electron chi connectivity index (χ3n) is 4.75. The molecule has 1 aromatic carbocycles. The fraction of sp³-hybridized carbons (Fsp3) is 0.333. The van der Waals surface area contributed by atoms with Crippen molar-refractivity contribution in [3.05, 3.63) is 42.1 Å². The predicted octanol–water partition coefficient (Wildman–Crippen LogP) is 1.84. The second-order valence-corrected chi connectivity index (χ2v) is 6.42. The van der Waals surface area contributed by atoms with E-state index in [9.17, 15) is 14.0 Å². The smallest absolute Gasteiger partial charge is 0.254 e. The van der Waals surface area contributed by atoms with Gasteiger partial charge in [0, 0.05) is 19.2 Å². The highest BCUT2D eigenvalue weighted by atomic mass is 19.1. The number of aryl methyl sites for hydroxylation is 1. The van der Waals surface area contributed by atoms with E-state index in [0.29, 0.717) is 36.4 Å². The molecular formula is C18H19FN6O2. The number of benzene rings is 1. The number of halogens is 1. The van der Waals surface area contributed by atoms with Crippen LogP contribution in [0, 0.1) is 5.82 Å². The molecule has 1 atom stereocenters. The van der Waals surface area contributed by atoms with Crippen molar-refractivity contribution < 1.29 is 14.0 Å². The number of piperidine rings is 1. The van der Waals surface area contributed by atoms with Gasteiger partial charge in [-0.1, -0.05) is 0 Å². The molecule has 0 saturated carbocycles. The third-order valence-corrected chi connectivity index (χ3v) is 4.75. The number of imidazole rings is 1. The van der Waals surface area contributed by atoms with Gasteiger partial charge in [-0.15, -0.1) is 0 Å². The van der Waals surface area contributed by atoms with Gasteiger partial charge in [-0.25, -0.2) is 14.1 Å². The highest BCUT2D eigenvalue weighted by molar-refractivity contribution is 6.07. The van der Waals surface area contributed by atoms with Gasteiger partial charge < -0.3 is 10.3 Å². The highest BCUT2D eigenvalue weighted by Crippen LogP contribution is 2.22. The maximum Gasteiger partial charge on any atom is 0.254 e. The summed E-state index contributed by atoms with van der Waals surface area (Å²) in [5.41, 5.74) is 0.913. The molecule has 27 heavy (non-hydrogen) atoms. The Hall–Kier alpha value is -3.23. The number of carbonyl (C=O) groups excluding carboxylic acids is 2. The van der Waals surface area contributed by atoms with Gasteiger partial charge in [0.1, 0.15) is 23.2 Å². The molecule has 0 radical (unpaired) electrons. The number of fused-ring (bicyclic) bond motifs is 1. The van der Waals surface area contributed by atoms with Crippen LogP contribution in [0.5, 0.6) is 0 Å². The average molecular weight is 370 g/mol. The lowest BCUT2D eigenvalue weighted by molar-refractivity contribution is -0.121. The number of aromatic amines is 1. The van der Waals surface area contributed by atoms with Crippen molar-refractivity contribution in [1.29, 1.82) is 0 Å². The topological polar surface area (TPSA) is 95.9 Å². The lowest BCUT2D eigenvalue weighted by Crippen LogP contribution is -2.53. The van der Waals surface area contributed by atoms with Crippen LogP contribution in [-0.4, -0.2) is 44.1 Å². The average Bonchev–Trinajstić information content (AvgIpc) is 3.31. The molecule has 3 heterocycles. The van der Waals surface area contributed by atoms with Gasteiger partial charge in [0.25, 0.3) is 11.8 Å². The second-order valence-electron chi connectivity index (χ2n) is 6.42. The van der Waals surface area contributed by atoms with Gasteiger partial charge >= 0.3 is 0 Å². The van der Waals surface area contributed by atoms with Crippen LogP contribution in [0.15, 0.2) is 30.7 Å². The van der Waals surface area contributed by atoms with E-state index in [2.05, 4.69) is 20.4 Å². The van der Waals surface area contributed by atoms with Gasteiger partial charge in [-0.2, -0.15) is 5.10 Å². The monoisotopic (exact) mass is 370 g/mol. The number of nitrogens with one attached hydrogen (secondary N) is 2. The lowest BCUT2D eigenvalue weighted by Gasteiger charge is -2.32. The molecular weight excluding hydrogens is 351 g/mol. The maximum absolute atomic E-state index is 13.8. The summed E-state index contributed by atoms with van der Waals surface area (Å²) in [5.74, 6) is -0.544. The lowest BCUT2D eigenvalue weighted by atomic mass is 10.0. The molecule has 9 heteroatoms. The molecule has 1 aliphatic heterocycles. The number of hydrogen-bond acceptors (Lipinski definition) is 4. The quantitative estimate of drug-likeness (QED) is 0.733. The van der Waals surface area contributed by atoms with Crippen molar-refractivity contribution in [2.75, 3.05) is 11.4 Å². The van der Waals surface area contributed by atoms with Crippen molar-refractivity contribution in [2.45, 2.75) is 32.4 Å². The molecule has 1 aliphatic rings. The van der Waals surface area contributed by atoms with Gasteiger partial charge in [0.05, 0.1) is 23.6 Å². The molecule has 0 bridgehead atoms. The molecule has 2 aromatic heterocycles. The molecule has 1 fully saturated rings. The summed E-state index contributed by atoms with van der Waals surface area (Å²) in [6.07, 6.45) is 4.32. The van der Waals surface area contributed by atoms with E-state index in [4.69, 9.17) is 0 Å². The summed E-state index contributed by atoms with van der Waals surface area (Å²) in [6, 6.07) is 3.52. The van der Waals surface area contributed by atoms with E-state index in [0.717, 1.165) is 12.5 Å². The predicted molar refractivity (Wildman–Crippen MR) is 96.8 cm³/mol. The zero-order chi connectivity index (χ0) is 19.0. The summed E-state index contributed by atoms with van der Waals surface area (Å²) < 4.78 is 15.5.